The van der Waals surface area contributed by atoms with Crippen molar-refractivity contribution in [2.45, 2.75) is 46.1 Å². The molecular weight excluding hydrogens is 295 g/mol. The lowest BCUT2D eigenvalue weighted by atomic mass is 9.91. The Labute approximate surface area is 137 Å². The lowest BCUT2D eigenvalue weighted by molar-refractivity contribution is -0.134. The van der Waals surface area contributed by atoms with Gasteiger partial charge in [-0.25, -0.2) is 4.39 Å². The van der Waals surface area contributed by atoms with Crippen LogP contribution in [0.2, 0.25) is 0 Å². The first-order valence-corrected chi connectivity index (χ1v) is 8.09. The smallest absolute Gasteiger partial charge is 0.251 e. The number of hydrogen-bond acceptors (Lipinski definition) is 2. The summed E-state index contributed by atoms with van der Waals surface area (Å²) in [7, 11) is 0. The maximum absolute atomic E-state index is 13.2. The third kappa shape index (κ3) is 5.34. The van der Waals surface area contributed by atoms with E-state index in [0.717, 1.165) is 12.8 Å². The second-order valence-corrected chi connectivity index (χ2v) is 7.38. The number of carbonyl (C=O) groups is 2. The van der Waals surface area contributed by atoms with Crippen LogP contribution in [-0.4, -0.2) is 35.8 Å². The molecule has 1 aromatic rings. The predicted octanol–water partition coefficient (Wildman–Crippen LogP) is 2.98. The lowest BCUT2D eigenvalue weighted by Gasteiger charge is -2.34. The van der Waals surface area contributed by atoms with Crippen LogP contribution in [0, 0.1) is 11.2 Å². The number of amides is 2. The molecule has 126 valence electrons. The molecule has 1 aromatic carbocycles. The number of piperidine rings is 1. The van der Waals surface area contributed by atoms with E-state index in [9.17, 15) is 14.0 Å². The van der Waals surface area contributed by atoms with Crippen molar-refractivity contribution >= 4 is 11.8 Å². The molecule has 1 N–H and O–H groups in total. The molecule has 0 aliphatic carbocycles. The fraction of sp³-hybridized carbons (Fsp3) is 0.556. The molecule has 1 aliphatic heterocycles. The van der Waals surface area contributed by atoms with E-state index in [2.05, 4.69) is 26.1 Å². The normalized spacial score (nSPS) is 16.3. The van der Waals surface area contributed by atoms with Crippen molar-refractivity contribution in [2.24, 2.45) is 5.41 Å². The minimum Gasteiger partial charge on any atom is -0.349 e. The molecule has 5 heteroatoms. The van der Waals surface area contributed by atoms with Gasteiger partial charge in [-0.05, 0) is 36.5 Å². The van der Waals surface area contributed by atoms with Crippen LogP contribution in [0.3, 0.4) is 0 Å². The number of likely N-dealkylation sites (tertiary alicyclic amines) is 1. The second-order valence-electron chi connectivity index (χ2n) is 7.38. The SMILES string of the molecule is CC(C)(C)CC(=O)N1CCC(NC(=O)c2cccc(F)c2)CC1. The van der Waals surface area contributed by atoms with Gasteiger partial charge in [-0.3, -0.25) is 9.59 Å². The number of rotatable bonds is 3. The lowest BCUT2D eigenvalue weighted by Crippen LogP contribution is -2.47. The summed E-state index contributed by atoms with van der Waals surface area (Å²) in [6.45, 7) is 7.47. The summed E-state index contributed by atoms with van der Waals surface area (Å²) >= 11 is 0. The topological polar surface area (TPSA) is 49.4 Å². The van der Waals surface area contributed by atoms with Gasteiger partial charge in [0.25, 0.3) is 5.91 Å². The van der Waals surface area contributed by atoms with Crippen LogP contribution in [0.25, 0.3) is 0 Å². The van der Waals surface area contributed by atoms with Crippen molar-refractivity contribution in [1.29, 1.82) is 0 Å². The molecule has 0 spiro atoms. The minimum absolute atomic E-state index is 0.0144. The van der Waals surface area contributed by atoms with Crippen LogP contribution in [0.4, 0.5) is 4.39 Å². The molecule has 1 fully saturated rings. The average molecular weight is 320 g/mol. The number of nitrogens with zero attached hydrogens (tertiary/aromatic N) is 1. The predicted molar refractivity (Wildman–Crippen MR) is 87.5 cm³/mol. The van der Waals surface area contributed by atoms with Crippen molar-refractivity contribution in [3.8, 4) is 0 Å². The monoisotopic (exact) mass is 320 g/mol. The first kappa shape index (κ1) is 17.4. The van der Waals surface area contributed by atoms with Gasteiger partial charge in [0, 0.05) is 31.1 Å². The van der Waals surface area contributed by atoms with Gasteiger partial charge in [-0.1, -0.05) is 26.8 Å². The maximum atomic E-state index is 13.2. The first-order chi connectivity index (χ1) is 10.7. The molecule has 1 saturated heterocycles. The van der Waals surface area contributed by atoms with Crippen LogP contribution in [0.5, 0.6) is 0 Å². The fourth-order valence-electron chi connectivity index (χ4n) is 2.74. The summed E-state index contributed by atoms with van der Waals surface area (Å²) in [5.41, 5.74) is 0.315. The number of benzene rings is 1. The summed E-state index contributed by atoms with van der Waals surface area (Å²) in [6.07, 6.45) is 2.00. The molecule has 23 heavy (non-hydrogen) atoms. The van der Waals surface area contributed by atoms with Gasteiger partial charge >= 0.3 is 0 Å². The van der Waals surface area contributed by atoms with Gasteiger partial charge in [-0.2, -0.15) is 0 Å². The van der Waals surface area contributed by atoms with Gasteiger partial charge < -0.3 is 10.2 Å². The zero-order chi connectivity index (χ0) is 17.0. The Morgan fingerprint density at radius 3 is 2.48 bits per heavy atom. The largest absolute Gasteiger partial charge is 0.349 e. The number of nitrogens with one attached hydrogen (secondary N) is 1. The molecule has 0 saturated carbocycles. The van der Waals surface area contributed by atoms with E-state index in [4.69, 9.17) is 0 Å². The Balaban J connectivity index is 1.83. The zero-order valence-corrected chi connectivity index (χ0v) is 14.1. The quantitative estimate of drug-likeness (QED) is 0.931. The third-order valence-electron chi connectivity index (χ3n) is 3.95. The Morgan fingerprint density at radius 1 is 1.26 bits per heavy atom. The van der Waals surface area contributed by atoms with Gasteiger partial charge in [0.2, 0.25) is 5.91 Å². The van der Waals surface area contributed by atoms with E-state index in [-0.39, 0.29) is 23.3 Å². The summed E-state index contributed by atoms with van der Waals surface area (Å²) in [6, 6.07) is 5.70. The Bertz CT molecular complexity index is 573. The van der Waals surface area contributed by atoms with E-state index in [1.165, 1.54) is 18.2 Å². The third-order valence-corrected chi connectivity index (χ3v) is 3.95. The molecule has 4 nitrogen and oxygen atoms in total. The van der Waals surface area contributed by atoms with Crippen LogP contribution in [-0.2, 0) is 4.79 Å². The molecule has 1 heterocycles. The fourth-order valence-corrected chi connectivity index (χ4v) is 2.74. The number of carbonyl (C=O) groups excluding carboxylic acids is 2. The average Bonchev–Trinajstić information content (AvgIpc) is 2.46. The van der Waals surface area contributed by atoms with Gasteiger partial charge in [0.1, 0.15) is 5.82 Å². The van der Waals surface area contributed by atoms with Crippen molar-refractivity contribution in [3.05, 3.63) is 35.6 Å². The van der Waals surface area contributed by atoms with Gasteiger partial charge in [0.15, 0.2) is 0 Å². The molecule has 0 aromatic heterocycles. The first-order valence-electron chi connectivity index (χ1n) is 8.09. The summed E-state index contributed by atoms with van der Waals surface area (Å²) in [4.78, 5) is 26.2. The van der Waals surface area contributed by atoms with Crippen molar-refractivity contribution < 1.29 is 14.0 Å². The number of halogens is 1. The van der Waals surface area contributed by atoms with E-state index >= 15 is 0 Å². The van der Waals surface area contributed by atoms with Crippen molar-refractivity contribution in [1.82, 2.24) is 10.2 Å². The molecule has 1 aliphatic rings. The van der Waals surface area contributed by atoms with Crippen molar-refractivity contribution in [2.75, 3.05) is 13.1 Å². The van der Waals surface area contributed by atoms with E-state index in [0.29, 0.717) is 25.1 Å². The highest BCUT2D eigenvalue weighted by Crippen LogP contribution is 2.21. The highest BCUT2D eigenvalue weighted by molar-refractivity contribution is 5.94. The molecule has 0 atom stereocenters. The van der Waals surface area contributed by atoms with Crippen molar-refractivity contribution in [3.63, 3.8) is 0 Å². The maximum Gasteiger partial charge on any atom is 0.251 e. The highest BCUT2D eigenvalue weighted by Gasteiger charge is 2.26. The molecule has 0 radical (unpaired) electrons. The molecule has 0 bridgehead atoms. The molecule has 2 rings (SSSR count). The Kier molecular flexibility index (Phi) is 5.39. The molecule has 2 amide bonds. The second kappa shape index (κ2) is 7.11. The minimum atomic E-state index is -0.416. The summed E-state index contributed by atoms with van der Waals surface area (Å²) in [5.74, 6) is -0.503. The standard InChI is InChI=1S/C18H25FN2O2/c1-18(2,3)12-16(22)21-9-7-15(8-10-21)20-17(23)13-5-4-6-14(19)11-13/h4-6,11,15H,7-10,12H2,1-3H3,(H,20,23). The van der Waals surface area contributed by atoms with Crippen LogP contribution >= 0.6 is 0 Å². The van der Waals surface area contributed by atoms with Gasteiger partial charge in [0.05, 0.1) is 0 Å². The zero-order valence-electron chi connectivity index (χ0n) is 14.1. The summed E-state index contributed by atoms with van der Waals surface area (Å²) < 4.78 is 13.2. The molecule has 0 unspecified atom stereocenters. The Hall–Kier alpha value is -1.91. The van der Waals surface area contributed by atoms with Crippen LogP contribution < -0.4 is 5.32 Å². The number of hydrogen-bond donors (Lipinski definition) is 1. The van der Waals surface area contributed by atoms with E-state index in [1.807, 2.05) is 4.90 Å². The highest BCUT2D eigenvalue weighted by atomic mass is 19.1. The van der Waals surface area contributed by atoms with Crippen LogP contribution in [0.15, 0.2) is 24.3 Å². The Morgan fingerprint density at radius 2 is 1.91 bits per heavy atom. The van der Waals surface area contributed by atoms with Gasteiger partial charge in [-0.15, -0.1) is 0 Å². The molecular formula is C18H25FN2O2. The van der Waals surface area contributed by atoms with E-state index in [1.54, 1.807) is 6.07 Å². The van der Waals surface area contributed by atoms with Crippen LogP contribution in [0.1, 0.15) is 50.4 Å². The summed E-state index contributed by atoms with van der Waals surface area (Å²) in [5, 5.41) is 2.93. The van der Waals surface area contributed by atoms with E-state index < -0.39 is 5.82 Å².